The highest BCUT2D eigenvalue weighted by molar-refractivity contribution is 5.83. The maximum Gasteiger partial charge on any atom is 0.218 e. The lowest BCUT2D eigenvalue weighted by molar-refractivity contribution is 0.415. The zero-order valence-electron chi connectivity index (χ0n) is 10.9. The van der Waals surface area contributed by atoms with Crippen LogP contribution in [-0.2, 0) is 6.54 Å². The molecule has 0 radical (unpaired) electrons. The van der Waals surface area contributed by atoms with Gasteiger partial charge in [0.05, 0.1) is 7.11 Å². The molecule has 2 aromatic heterocycles. The number of nitrogens with two attached hydrogens (primary N) is 1. The molecule has 5 heteroatoms. The van der Waals surface area contributed by atoms with Crippen LogP contribution >= 0.6 is 0 Å². The number of methoxy groups -OCH3 is 1. The van der Waals surface area contributed by atoms with Crippen molar-refractivity contribution in [3.63, 3.8) is 0 Å². The van der Waals surface area contributed by atoms with Gasteiger partial charge in [-0.2, -0.15) is 4.39 Å². The van der Waals surface area contributed by atoms with Crippen LogP contribution < -0.4 is 10.5 Å². The van der Waals surface area contributed by atoms with Gasteiger partial charge in [-0.1, -0.05) is 6.07 Å². The molecular formula is C15H13FN2O2. The summed E-state index contributed by atoms with van der Waals surface area (Å²) < 4.78 is 24.5. The van der Waals surface area contributed by atoms with Crippen molar-refractivity contribution in [3.8, 4) is 17.2 Å². The number of halogens is 1. The molecule has 0 spiro atoms. The number of ether oxygens (including phenoxy) is 1. The number of hydrogen-bond acceptors (Lipinski definition) is 4. The van der Waals surface area contributed by atoms with E-state index in [1.54, 1.807) is 25.3 Å². The second-order valence-electron chi connectivity index (χ2n) is 4.36. The molecule has 0 atom stereocenters. The molecule has 0 aliphatic heterocycles. The molecule has 4 nitrogen and oxygen atoms in total. The third-order valence-electron chi connectivity index (χ3n) is 3.12. The molecule has 2 N–H and O–H groups in total. The molecule has 0 fully saturated rings. The Kier molecular flexibility index (Phi) is 3.12. The van der Waals surface area contributed by atoms with Crippen molar-refractivity contribution < 1.29 is 13.5 Å². The number of furan rings is 1. The predicted octanol–water partition coefficient (Wildman–Crippen LogP) is 3.10. The molecule has 0 bridgehead atoms. The first-order chi connectivity index (χ1) is 9.71. The van der Waals surface area contributed by atoms with Crippen LogP contribution in [0.1, 0.15) is 5.56 Å². The lowest BCUT2D eigenvalue weighted by Crippen LogP contribution is -2.01. The van der Waals surface area contributed by atoms with Crippen LogP contribution in [0.2, 0.25) is 0 Å². The Hall–Kier alpha value is -2.40. The van der Waals surface area contributed by atoms with Gasteiger partial charge in [0.1, 0.15) is 17.0 Å². The van der Waals surface area contributed by atoms with Gasteiger partial charge >= 0.3 is 0 Å². The van der Waals surface area contributed by atoms with E-state index in [1.165, 1.54) is 0 Å². The Bertz CT molecular complexity index is 768. The third kappa shape index (κ3) is 2.12. The normalized spacial score (nSPS) is 10.9. The molecule has 0 aliphatic rings. The Morgan fingerprint density at radius 2 is 2.10 bits per heavy atom. The number of hydrogen-bond donors (Lipinski definition) is 1. The highest BCUT2D eigenvalue weighted by atomic mass is 19.1. The molecule has 1 aromatic carbocycles. The van der Waals surface area contributed by atoms with Crippen LogP contribution in [0.5, 0.6) is 5.75 Å². The standard InChI is InChI=1S/C15H13FN2O2/c1-19-11-3-5-13-10(6-11)7-14(20-13)12-4-2-9(8-17)15(16)18-12/h2-7H,8,17H2,1H3. The lowest BCUT2D eigenvalue weighted by atomic mass is 10.2. The van der Waals surface area contributed by atoms with E-state index in [9.17, 15) is 4.39 Å². The van der Waals surface area contributed by atoms with Crippen LogP contribution in [0.25, 0.3) is 22.4 Å². The fraction of sp³-hybridized carbons (Fsp3) is 0.133. The Labute approximate surface area is 115 Å². The second kappa shape index (κ2) is 4.94. The Balaban J connectivity index is 2.07. The number of benzene rings is 1. The zero-order valence-corrected chi connectivity index (χ0v) is 10.9. The summed E-state index contributed by atoms with van der Waals surface area (Å²) in [4.78, 5) is 3.88. The summed E-state index contributed by atoms with van der Waals surface area (Å²) in [6, 6.07) is 10.6. The number of rotatable bonds is 3. The number of pyridine rings is 1. The maximum atomic E-state index is 13.7. The van der Waals surface area contributed by atoms with E-state index in [0.717, 1.165) is 11.1 Å². The lowest BCUT2D eigenvalue weighted by Gasteiger charge is -2.00. The quantitative estimate of drug-likeness (QED) is 0.744. The van der Waals surface area contributed by atoms with Crippen LogP contribution in [0.4, 0.5) is 4.39 Å². The average molecular weight is 272 g/mol. The molecule has 102 valence electrons. The van der Waals surface area contributed by atoms with E-state index in [0.29, 0.717) is 22.6 Å². The van der Waals surface area contributed by atoms with Gasteiger partial charge in [-0.05, 0) is 30.3 Å². The summed E-state index contributed by atoms with van der Waals surface area (Å²) in [5.74, 6) is 0.682. The van der Waals surface area contributed by atoms with Crippen molar-refractivity contribution in [1.29, 1.82) is 0 Å². The van der Waals surface area contributed by atoms with Gasteiger partial charge in [-0.3, -0.25) is 0 Å². The van der Waals surface area contributed by atoms with Crippen molar-refractivity contribution in [2.75, 3.05) is 7.11 Å². The third-order valence-corrected chi connectivity index (χ3v) is 3.12. The van der Waals surface area contributed by atoms with Gasteiger partial charge in [-0.25, -0.2) is 4.98 Å². The van der Waals surface area contributed by atoms with Crippen LogP contribution in [0, 0.1) is 5.95 Å². The van der Waals surface area contributed by atoms with Gasteiger partial charge in [0.2, 0.25) is 5.95 Å². The van der Waals surface area contributed by atoms with Crippen molar-refractivity contribution in [1.82, 2.24) is 4.98 Å². The highest BCUT2D eigenvalue weighted by Gasteiger charge is 2.11. The highest BCUT2D eigenvalue weighted by Crippen LogP contribution is 2.29. The Morgan fingerprint density at radius 3 is 2.80 bits per heavy atom. The molecular weight excluding hydrogens is 259 g/mol. The van der Waals surface area contributed by atoms with Gasteiger partial charge in [-0.15, -0.1) is 0 Å². The topological polar surface area (TPSA) is 61.3 Å². The van der Waals surface area contributed by atoms with Crippen LogP contribution in [0.3, 0.4) is 0 Å². The summed E-state index contributed by atoms with van der Waals surface area (Å²) in [5.41, 5.74) is 6.94. The smallest absolute Gasteiger partial charge is 0.218 e. The van der Waals surface area contributed by atoms with Crippen molar-refractivity contribution in [2.24, 2.45) is 5.73 Å². The maximum absolute atomic E-state index is 13.7. The van der Waals surface area contributed by atoms with Crippen LogP contribution in [-0.4, -0.2) is 12.1 Å². The SMILES string of the molecule is COc1ccc2oc(-c3ccc(CN)c(F)n3)cc2c1. The monoisotopic (exact) mass is 272 g/mol. The minimum Gasteiger partial charge on any atom is -0.497 e. The van der Waals surface area contributed by atoms with Gasteiger partial charge in [0.25, 0.3) is 0 Å². The summed E-state index contributed by atoms with van der Waals surface area (Å²) in [6.45, 7) is 0.121. The van der Waals surface area contributed by atoms with Crippen molar-refractivity contribution >= 4 is 11.0 Å². The van der Waals surface area contributed by atoms with E-state index < -0.39 is 5.95 Å². The molecule has 3 aromatic rings. The molecule has 0 saturated carbocycles. The first-order valence-electron chi connectivity index (χ1n) is 6.14. The minimum atomic E-state index is -0.567. The molecule has 2 heterocycles. The first-order valence-corrected chi connectivity index (χ1v) is 6.14. The van der Waals surface area contributed by atoms with Crippen molar-refractivity contribution in [3.05, 3.63) is 47.9 Å². The van der Waals surface area contributed by atoms with Crippen molar-refractivity contribution in [2.45, 2.75) is 6.54 Å². The minimum absolute atomic E-state index is 0.121. The van der Waals surface area contributed by atoms with Gasteiger partial charge in [0, 0.05) is 17.5 Å². The molecule has 0 unspecified atom stereocenters. The average Bonchev–Trinajstić information content (AvgIpc) is 2.89. The van der Waals surface area contributed by atoms with Gasteiger partial charge < -0.3 is 14.9 Å². The number of fused-ring (bicyclic) bond motifs is 1. The summed E-state index contributed by atoms with van der Waals surface area (Å²) in [7, 11) is 1.60. The van der Waals surface area contributed by atoms with E-state index in [1.807, 2.05) is 18.2 Å². The van der Waals surface area contributed by atoms with E-state index in [2.05, 4.69) is 4.98 Å². The second-order valence-corrected chi connectivity index (χ2v) is 4.36. The van der Waals surface area contributed by atoms with Gasteiger partial charge in [0.15, 0.2) is 5.76 Å². The number of aromatic nitrogens is 1. The molecule has 0 saturated heterocycles. The molecule has 3 rings (SSSR count). The van der Waals surface area contributed by atoms with Crippen LogP contribution in [0.15, 0.2) is 40.8 Å². The fourth-order valence-corrected chi connectivity index (χ4v) is 2.03. The predicted molar refractivity (Wildman–Crippen MR) is 73.8 cm³/mol. The number of nitrogens with zero attached hydrogens (tertiary/aromatic N) is 1. The van der Waals surface area contributed by atoms with E-state index in [4.69, 9.17) is 14.9 Å². The Morgan fingerprint density at radius 1 is 1.25 bits per heavy atom. The largest absolute Gasteiger partial charge is 0.497 e. The molecule has 0 aliphatic carbocycles. The summed E-state index contributed by atoms with van der Waals surface area (Å²) in [5, 5.41) is 0.879. The fourth-order valence-electron chi connectivity index (χ4n) is 2.03. The summed E-state index contributed by atoms with van der Waals surface area (Å²) >= 11 is 0. The molecule has 20 heavy (non-hydrogen) atoms. The van der Waals surface area contributed by atoms with E-state index >= 15 is 0 Å². The zero-order chi connectivity index (χ0) is 14.1. The summed E-state index contributed by atoms with van der Waals surface area (Å²) in [6.07, 6.45) is 0. The first kappa shape index (κ1) is 12.6. The molecule has 0 amide bonds. The van der Waals surface area contributed by atoms with E-state index in [-0.39, 0.29) is 6.54 Å².